The summed E-state index contributed by atoms with van der Waals surface area (Å²) in [6.45, 7) is 2.21. The zero-order valence-electron chi connectivity index (χ0n) is 26.3. The third-order valence-electron chi connectivity index (χ3n) is 9.07. The molecule has 0 radical (unpaired) electrons. The Morgan fingerprint density at radius 3 is 2.36 bits per heavy atom. The number of aromatic nitrogens is 3. The molecule has 1 fully saturated rings. The number of unbranched alkanes of at least 4 members (excludes halogenated alkanes) is 6. The lowest BCUT2D eigenvalue weighted by Gasteiger charge is -2.31. The maximum atomic E-state index is 13.6. The normalized spacial score (nSPS) is 17.1. The molecular formula is C36H44F3N5O. The fourth-order valence-corrected chi connectivity index (χ4v) is 6.78. The number of fused-ring (bicyclic) bond motifs is 1. The first-order chi connectivity index (χ1) is 21.7. The zero-order valence-corrected chi connectivity index (χ0v) is 26.3. The molecule has 3 N–H and O–H groups in total. The van der Waals surface area contributed by atoms with Crippen molar-refractivity contribution < 1.29 is 18.0 Å². The van der Waals surface area contributed by atoms with Gasteiger partial charge in [0.15, 0.2) is 0 Å². The highest BCUT2D eigenvalue weighted by atomic mass is 19.4. The molecule has 1 saturated carbocycles. The van der Waals surface area contributed by atoms with Gasteiger partial charge in [-0.15, -0.1) is 0 Å². The Labute approximate surface area is 263 Å². The zero-order chi connectivity index (χ0) is 32.0. The molecule has 45 heavy (non-hydrogen) atoms. The van der Waals surface area contributed by atoms with Crippen LogP contribution in [0.3, 0.4) is 0 Å². The van der Waals surface area contributed by atoms with Gasteiger partial charge >= 0.3 is 6.18 Å². The van der Waals surface area contributed by atoms with Crippen molar-refractivity contribution in [1.29, 1.82) is 0 Å². The van der Waals surface area contributed by atoms with Gasteiger partial charge in [-0.3, -0.25) is 9.48 Å². The fraction of sp³-hybridized carbons (Fsp3) is 0.472. The van der Waals surface area contributed by atoms with E-state index in [9.17, 15) is 18.0 Å². The van der Waals surface area contributed by atoms with Crippen molar-refractivity contribution in [2.75, 3.05) is 5.73 Å². The lowest BCUT2D eigenvalue weighted by molar-refractivity contribution is -0.140. The molecule has 2 aromatic carbocycles. The summed E-state index contributed by atoms with van der Waals surface area (Å²) in [6, 6.07) is 14.3. The van der Waals surface area contributed by atoms with Crippen LogP contribution in [-0.2, 0) is 19.6 Å². The van der Waals surface area contributed by atoms with Gasteiger partial charge in [-0.25, -0.2) is 4.98 Å². The molecule has 0 unspecified atom stereocenters. The summed E-state index contributed by atoms with van der Waals surface area (Å²) < 4.78 is 42.4. The van der Waals surface area contributed by atoms with Gasteiger partial charge < -0.3 is 11.1 Å². The third kappa shape index (κ3) is 7.86. The standard InChI is InChI=1S/C36H44F3N5O/c1-3-4-5-6-7-8-10-13-24-18-21-30-33(29(40)22-31(42-30)36(37,38)39)32(24)25-16-19-27(20-17-25)41-35(45)28-23-44(2)43-34(28)26-14-11-9-12-15-26/h9,11-12,14-15,18,21-23,25,27H,3-8,10,13,16-17,19-20H2,1-2H3,(H2,40,42)(H,41,45). The van der Waals surface area contributed by atoms with Crippen LogP contribution < -0.4 is 11.1 Å². The number of carbonyl (C=O) groups is 1. The lowest BCUT2D eigenvalue weighted by atomic mass is 9.77. The summed E-state index contributed by atoms with van der Waals surface area (Å²) in [6.07, 6.45) is 9.48. The van der Waals surface area contributed by atoms with Crippen LogP contribution in [0.15, 0.2) is 54.7 Å². The second-order valence-electron chi connectivity index (χ2n) is 12.5. The molecule has 240 valence electrons. The molecular weight excluding hydrogens is 575 g/mol. The van der Waals surface area contributed by atoms with Gasteiger partial charge in [0.2, 0.25) is 0 Å². The smallest absolute Gasteiger partial charge is 0.398 e. The summed E-state index contributed by atoms with van der Waals surface area (Å²) in [4.78, 5) is 17.4. The van der Waals surface area contributed by atoms with Gasteiger partial charge in [0.1, 0.15) is 11.4 Å². The van der Waals surface area contributed by atoms with Gasteiger partial charge in [-0.2, -0.15) is 18.3 Å². The molecule has 1 amide bonds. The number of amides is 1. The quantitative estimate of drug-likeness (QED) is 0.155. The highest BCUT2D eigenvalue weighted by Gasteiger charge is 2.34. The molecule has 4 aromatic rings. The van der Waals surface area contributed by atoms with E-state index in [4.69, 9.17) is 5.73 Å². The topological polar surface area (TPSA) is 85.8 Å². The summed E-state index contributed by atoms with van der Waals surface area (Å²) >= 11 is 0. The van der Waals surface area contributed by atoms with Crippen LogP contribution in [0.1, 0.15) is 111 Å². The molecule has 2 aromatic heterocycles. The van der Waals surface area contributed by atoms with E-state index in [1.54, 1.807) is 24.0 Å². The van der Waals surface area contributed by atoms with Crippen LogP contribution >= 0.6 is 0 Å². The predicted octanol–water partition coefficient (Wildman–Crippen LogP) is 8.99. The van der Waals surface area contributed by atoms with Crippen molar-refractivity contribution in [2.24, 2.45) is 7.05 Å². The van der Waals surface area contributed by atoms with Gasteiger partial charge in [-0.05, 0) is 67.7 Å². The number of alkyl halides is 3. The number of nitrogen functional groups attached to an aromatic ring is 1. The van der Waals surface area contributed by atoms with Crippen LogP contribution in [0, 0.1) is 0 Å². The number of hydrogen-bond acceptors (Lipinski definition) is 4. The van der Waals surface area contributed by atoms with Crippen molar-refractivity contribution in [3.63, 3.8) is 0 Å². The number of anilines is 1. The molecule has 1 aliphatic rings. The van der Waals surface area contributed by atoms with Crippen LogP contribution in [0.25, 0.3) is 22.2 Å². The van der Waals surface area contributed by atoms with E-state index in [2.05, 4.69) is 22.3 Å². The predicted molar refractivity (Wildman–Crippen MR) is 174 cm³/mol. The van der Waals surface area contributed by atoms with E-state index < -0.39 is 11.9 Å². The number of benzene rings is 2. The van der Waals surface area contributed by atoms with Crippen molar-refractivity contribution >= 4 is 22.5 Å². The molecule has 1 aliphatic carbocycles. The van der Waals surface area contributed by atoms with Crippen molar-refractivity contribution in [3.05, 3.63) is 77.1 Å². The molecule has 0 saturated heterocycles. The minimum Gasteiger partial charge on any atom is -0.398 e. The van der Waals surface area contributed by atoms with Gasteiger partial charge in [0, 0.05) is 35.9 Å². The SMILES string of the molecule is CCCCCCCCCc1ccc2nc(C(F)(F)F)cc(N)c2c1C1CCC(NC(=O)c2cn(C)nc2-c2ccccc2)CC1. The molecule has 2 heterocycles. The Hall–Kier alpha value is -3.88. The average molecular weight is 620 g/mol. The number of rotatable bonds is 12. The molecule has 6 nitrogen and oxygen atoms in total. The molecule has 0 aliphatic heterocycles. The first-order valence-electron chi connectivity index (χ1n) is 16.3. The Balaban J connectivity index is 1.33. The second-order valence-corrected chi connectivity index (χ2v) is 12.5. The van der Waals surface area contributed by atoms with E-state index in [0.717, 1.165) is 67.7 Å². The van der Waals surface area contributed by atoms with E-state index in [1.807, 2.05) is 36.4 Å². The number of pyridine rings is 1. The molecule has 5 rings (SSSR count). The molecule has 0 bridgehead atoms. The van der Waals surface area contributed by atoms with Crippen LogP contribution in [0.4, 0.5) is 18.9 Å². The number of nitrogens with zero attached hydrogens (tertiary/aromatic N) is 3. The Kier molecular flexibility index (Phi) is 10.5. The summed E-state index contributed by atoms with van der Waals surface area (Å²) in [5, 5.41) is 8.41. The van der Waals surface area contributed by atoms with Gasteiger partial charge in [0.05, 0.1) is 11.1 Å². The first-order valence-corrected chi connectivity index (χ1v) is 16.3. The van der Waals surface area contributed by atoms with Crippen molar-refractivity contribution in [2.45, 2.75) is 102 Å². The van der Waals surface area contributed by atoms with Gasteiger partial charge in [0.25, 0.3) is 5.91 Å². The molecule has 0 spiro atoms. The maximum absolute atomic E-state index is 13.6. The number of hydrogen-bond donors (Lipinski definition) is 2. The number of carbonyl (C=O) groups excluding carboxylic acids is 1. The van der Waals surface area contributed by atoms with Crippen molar-refractivity contribution in [1.82, 2.24) is 20.1 Å². The Morgan fingerprint density at radius 2 is 1.67 bits per heavy atom. The highest BCUT2D eigenvalue weighted by Crippen LogP contribution is 2.42. The number of halogens is 3. The highest BCUT2D eigenvalue weighted by molar-refractivity contribution is 6.00. The fourth-order valence-electron chi connectivity index (χ4n) is 6.78. The number of nitrogens with one attached hydrogen (secondary N) is 1. The molecule has 9 heteroatoms. The minimum atomic E-state index is -4.57. The third-order valence-corrected chi connectivity index (χ3v) is 9.07. The van der Waals surface area contributed by atoms with Gasteiger partial charge in [-0.1, -0.05) is 81.8 Å². The van der Waals surface area contributed by atoms with Crippen LogP contribution in [0.5, 0.6) is 0 Å². The minimum absolute atomic E-state index is 0.00793. The summed E-state index contributed by atoms with van der Waals surface area (Å²) in [7, 11) is 1.81. The Morgan fingerprint density at radius 1 is 0.978 bits per heavy atom. The monoisotopic (exact) mass is 619 g/mol. The average Bonchev–Trinajstić information content (AvgIpc) is 3.42. The number of nitrogens with two attached hydrogens (primary N) is 1. The molecule has 0 atom stereocenters. The van der Waals surface area contributed by atoms with E-state index in [-0.39, 0.29) is 23.6 Å². The number of aryl methyl sites for hydroxylation is 2. The summed E-state index contributed by atoms with van der Waals surface area (Å²) in [5.41, 5.74) is 10.1. The second kappa shape index (κ2) is 14.5. The first kappa shape index (κ1) is 32.5. The maximum Gasteiger partial charge on any atom is 0.433 e. The van der Waals surface area contributed by atoms with Crippen molar-refractivity contribution in [3.8, 4) is 11.3 Å². The Bertz CT molecular complexity index is 1590. The largest absolute Gasteiger partial charge is 0.433 e. The van der Waals surface area contributed by atoms with E-state index in [1.165, 1.54) is 32.1 Å². The lowest BCUT2D eigenvalue weighted by Crippen LogP contribution is -2.37. The summed E-state index contributed by atoms with van der Waals surface area (Å²) in [5.74, 6) is -0.0242. The van der Waals surface area contributed by atoms with E-state index >= 15 is 0 Å². The van der Waals surface area contributed by atoms with E-state index in [0.29, 0.717) is 22.2 Å². The van der Waals surface area contributed by atoms with Crippen LogP contribution in [0.2, 0.25) is 0 Å². The van der Waals surface area contributed by atoms with Crippen LogP contribution in [-0.4, -0.2) is 26.7 Å².